The normalized spacial score (nSPS) is 10.4. The summed E-state index contributed by atoms with van der Waals surface area (Å²) in [4.78, 5) is 58.2. The summed E-state index contributed by atoms with van der Waals surface area (Å²) >= 11 is 0. The molecule has 0 unspecified atom stereocenters. The van der Waals surface area contributed by atoms with E-state index >= 15 is 0 Å². The zero-order chi connectivity index (χ0) is 24.2. The number of hydrogen-bond acceptors (Lipinski definition) is 10. The van der Waals surface area contributed by atoms with Crippen molar-refractivity contribution in [1.82, 2.24) is 0 Å². The first-order chi connectivity index (χ1) is 15.0. The topological polar surface area (TPSA) is 181 Å². The van der Waals surface area contributed by atoms with E-state index in [9.17, 15) is 34.6 Å². The lowest BCUT2D eigenvalue weighted by molar-refractivity contribution is -0.395. The summed E-state index contributed by atoms with van der Waals surface area (Å²) in [5, 5.41) is 24.7. The monoisotopic (exact) mass is 449 g/mol. The zero-order valence-corrected chi connectivity index (χ0v) is 17.5. The minimum absolute atomic E-state index is 0.00408. The van der Waals surface area contributed by atoms with Crippen LogP contribution in [-0.4, -0.2) is 40.9 Å². The van der Waals surface area contributed by atoms with E-state index in [0.29, 0.717) is 0 Å². The highest BCUT2D eigenvalue weighted by Gasteiger charge is 2.32. The fourth-order valence-corrected chi connectivity index (χ4v) is 2.85. The average molecular weight is 449 g/mol. The largest absolute Gasteiger partial charge is 0.462 e. The molecule has 1 aromatic carbocycles. The molecule has 0 spiro atoms. The predicted octanol–water partition coefficient (Wildman–Crippen LogP) is 3.32. The number of amides is 1. The fourth-order valence-electron chi connectivity index (χ4n) is 2.85. The Kier molecular flexibility index (Phi) is 7.25. The van der Waals surface area contributed by atoms with Crippen LogP contribution >= 0.6 is 0 Å². The molecule has 0 saturated carbocycles. The van der Waals surface area contributed by atoms with Gasteiger partial charge in [0.2, 0.25) is 5.88 Å². The number of hydrogen-bond donors (Lipinski definition) is 1. The highest BCUT2D eigenvalue weighted by molar-refractivity contribution is 6.12. The summed E-state index contributed by atoms with van der Waals surface area (Å²) in [5.74, 6) is -3.45. The smallest absolute Gasteiger partial charge is 0.344 e. The van der Waals surface area contributed by atoms with Crippen LogP contribution < -0.4 is 5.32 Å². The number of nitro benzene ring substituents is 2. The molecule has 13 heteroatoms. The molecule has 0 aliphatic rings. The second-order valence-electron chi connectivity index (χ2n) is 6.29. The van der Waals surface area contributed by atoms with Crippen LogP contribution in [0.3, 0.4) is 0 Å². The van der Waals surface area contributed by atoms with Crippen molar-refractivity contribution in [2.45, 2.75) is 27.7 Å². The summed E-state index contributed by atoms with van der Waals surface area (Å²) in [6.07, 6.45) is 0. The number of rotatable bonds is 8. The molecule has 0 aliphatic carbocycles. The van der Waals surface area contributed by atoms with Gasteiger partial charge < -0.3 is 13.9 Å². The van der Waals surface area contributed by atoms with Crippen molar-refractivity contribution >= 4 is 35.1 Å². The van der Waals surface area contributed by atoms with Gasteiger partial charge >= 0.3 is 11.9 Å². The van der Waals surface area contributed by atoms with Crippen molar-refractivity contribution in [2.24, 2.45) is 0 Å². The molecule has 170 valence electrons. The van der Waals surface area contributed by atoms with E-state index in [0.717, 1.165) is 12.1 Å². The molecule has 2 rings (SSSR count). The minimum atomic E-state index is -1.05. The number of nitrogens with zero attached hydrogens (tertiary/aromatic N) is 2. The van der Waals surface area contributed by atoms with Gasteiger partial charge in [0.05, 0.1) is 28.6 Å². The number of nitro groups is 2. The van der Waals surface area contributed by atoms with E-state index in [2.05, 4.69) is 5.32 Å². The van der Waals surface area contributed by atoms with Crippen molar-refractivity contribution in [2.75, 3.05) is 18.5 Å². The Bertz CT molecular complexity index is 1080. The van der Waals surface area contributed by atoms with E-state index in [1.54, 1.807) is 6.92 Å². The van der Waals surface area contributed by atoms with E-state index in [4.69, 9.17) is 13.9 Å². The van der Waals surface area contributed by atoms with Gasteiger partial charge in [-0.15, -0.1) is 0 Å². The van der Waals surface area contributed by atoms with Crippen molar-refractivity contribution in [3.05, 3.63) is 60.4 Å². The molecule has 0 radical (unpaired) electrons. The molecule has 0 saturated heterocycles. The lowest BCUT2D eigenvalue weighted by Gasteiger charge is -2.08. The van der Waals surface area contributed by atoms with E-state index in [1.807, 2.05) is 0 Å². The number of ether oxygens (including phenoxy) is 2. The first-order valence-corrected chi connectivity index (χ1v) is 9.25. The van der Waals surface area contributed by atoms with Crippen LogP contribution in [0.1, 0.15) is 56.2 Å². The van der Waals surface area contributed by atoms with Crippen molar-refractivity contribution in [3.8, 4) is 0 Å². The number of furan rings is 1. The first-order valence-electron chi connectivity index (χ1n) is 9.25. The highest BCUT2D eigenvalue weighted by Crippen LogP contribution is 2.32. The van der Waals surface area contributed by atoms with Gasteiger partial charge in [0.25, 0.3) is 17.3 Å². The maximum Gasteiger partial charge on any atom is 0.344 e. The maximum atomic E-state index is 12.7. The molecular formula is C19H19N3O10. The van der Waals surface area contributed by atoms with Crippen LogP contribution in [0.4, 0.5) is 17.3 Å². The molecule has 1 amide bonds. The summed E-state index contributed by atoms with van der Waals surface area (Å²) < 4.78 is 15.2. The number of esters is 2. The molecule has 32 heavy (non-hydrogen) atoms. The van der Waals surface area contributed by atoms with Crippen molar-refractivity contribution in [1.29, 1.82) is 0 Å². The molecule has 0 bridgehead atoms. The third-order valence-corrected chi connectivity index (χ3v) is 4.28. The molecule has 1 aromatic heterocycles. The van der Waals surface area contributed by atoms with Gasteiger partial charge in [-0.1, -0.05) is 0 Å². The minimum Gasteiger partial charge on any atom is -0.462 e. The van der Waals surface area contributed by atoms with Crippen LogP contribution in [0, 0.1) is 34.1 Å². The van der Waals surface area contributed by atoms with Gasteiger partial charge in [-0.3, -0.25) is 30.3 Å². The van der Waals surface area contributed by atoms with Gasteiger partial charge in [0, 0.05) is 12.1 Å². The third-order valence-electron chi connectivity index (χ3n) is 4.28. The Morgan fingerprint density at radius 2 is 1.41 bits per heavy atom. The van der Waals surface area contributed by atoms with Crippen molar-refractivity contribution < 1.29 is 38.1 Å². The van der Waals surface area contributed by atoms with Crippen LogP contribution in [0.2, 0.25) is 0 Å². The number of anilines is 1. The molecule has 13 nitrogen and oxygen atoms in total. The molecule has 1 N–H and O–H groups in total. The Morgan fingerprint density at radius 3 is 1.84 bits per heavy atom. The standard InChI is InChI=1S/C19H19N3O10/c1-5-30-18(24)14-10(4)32-17(15(14)19(25)31-6-2)20-16(23)11-7-12(21(26)27)9(3)13(8-11)22(28)29/h7-8H,5-6H2,1-4H3,(H,20,23). The number of carbonyl (C=O) groups is 3. The molecule has 0 aliphatic heterocycles. The van der Waals surface area contributed by atoms with E-state index < -0.39 is 56.1 Å². The van der Waals surface area contributed by atoms with Crippen LogP contribution in [0.25, 0.3) is 0 Å². The molecule has 0 fully saturated rings. The second-order valence-corrected chi connectivity index (χ2v) is 6.29. The zero-order valence-electron chi connectivity index (χ0n) is 17.5. The van der Waals surface area contributed by atoms with Crippen LogP contribution in [0.5, 0.6) is 0 Å². The molecular weight excluding hydrogens is 430 g/mol. The number of nitrogens with one attached hydrogen (secondary N) is 1. The average Bonchev–Trinajstić information content (AvgIpc) is 3.03. The maximum absolute atomic E-state index is 12.7. The summed E-state index contributed by atoms with van der Waals surface area (Å²) in [7, 11) is 0. The van der Waals surface area contributed by atoms with Crippen molar-refractivity contribution in [3.63, 3.8) is 0 Å². The molecule has 2 aromatic rings. The number of benzene rings is 1. The summed E-state index contributed by atoms with van der Waals surface area (Å²) in [5.41, 5.74) is -2.62. The number of aryl methyl sites for hydroxylation is 1. The predicted molar refractivity (Wildman–Crippen MR) is 108 cm³/mol. The highest BCUT2D eigenvalue weighted by atomic mass is 16.6. The quantitative estimate of drug-likeness (QED) is 0.356. The van der Waals surface area contributed by atoms with E-state index in [1.165, 1.54) is 20.8 Å². The van der Waals surface area contributed by atoms with Crippen LogP contribution in [-0.2, 0) is 9.47 Å². The fraction of sp³-hybridized carbons (Fsp3) is 0.316. The first kappa shape index (κ1) is 24.0. The molecule has 1 heterocycles. The molecule has 0 atom stereocenters. The third kappa shape index (κ3) is 4.71. The second kappa shape index (κ2) is 9.68. The van der Waals surface area contributed by atoms with Gasteiger partial charge in [-0.2, -0.15) is 0 Å². The van der Waals surface area contributed by atoms with Gasteiger partial charge in [-0.25, -0.2) is 9.59 Å². The Morgan fingerprint density at radius 1 is 0.938 bits per heavy atom. The Balaban J connectivity index is 2.57. The summed E-state index contributed by atoms with van der Waals surface area (Å²) in [6, 6.07) is 1.70. The lowest BCUT2D eigenvalue weighted by atomic mass is 10.1. The lowest BCUT2D eigenvalue weighted by Crippen LogP contribution is -2.18. The van der Waals surface area contributed by atoms with Gasteiger partial charge in [0.15, 0.2) is 0 Å². The Hall–Kier alpha value is -4.29. The Labute approximate surface area is 180 Å². The SMILES string of the molecule is CCOC(=O)c1c(C)oc(NC(=O)c2cc([N+](=O)[O-])c(C)c([N+](=O)[O-])c2)c1C(=O)OCC. The summed E-state index contributed by atoms with van der Waals surface area (Å²) in [6.45, 7) is 5.57. The van der Waals surface area contributed by atoms with E-state index in [-0.39, 0.29) is 30.1 Å². The number of carbonyl (C=O) groups excluding carboxylic acids is 3. The van der Waals surface area contributed by atoms with Gasteiger partial charge in [0.1, 0.15) is 22.5 Å². The van der Waals surface area contributed by atoms with Gasteiger partial charge in [-0.05, 0) is 27.7 Å². The van der Waals surface area contributed by atoms with Crippen LogP contribution in [0.15, 0.2) is 16.5 Å².